The Balaban J connectivity index is 1.71. The third-order valence-electron chi connectivity index (χ3n) is 4.70. The molecule has 0 radical (unpaired) electrons. The molecule has 1 aromatic rings. The largest absolute Gasteiger partial charge is 0.434 e. The van der Waals surface area contributed by atoms with Crippen molar-refractivity contribution < 1.29 is 23.1 Å². The van der Waals surface area contributed by atoms with Crippen molar-refractivity contribution in [3.8, 4) is 0 Å². The van der Waals surface area contributed by atoms with Crippen molar-refractivity contribution in [2.45, 2.75) is 56.2 Å². The predicted octanol–water partition coefficient (Wildman–Crippen LogP) is 3.17. The fourth-order valence-electron chi connectivity index (χ4n) is 3.44. The first kappa shape index (κ1) is 16.7. The molecule has 128 valence electrons. The number of hydrogen-bond acceptors (Lipinski definition) is 4. The van der Waals surface area contributed by atoms with Crippen LogP contribution in [0, 0.1) is 0 Å². The van der Waals surface area contributed by atoms with Crippen LogP contribution in [0.5, 0.6) is 0 Å². The van der Waals surface area contributed by atoms with Crippen LogP contribution in [-0.2, 0) is 11.0 Å². The van der Waals surface area contributed by atoms with E-state index in [4.69, 9.17) is 0 Å². The number of aromatic nitrogens is 1. The van der Waals surface area contributed by atoms with Crippen molar-refractivity contribution in [3.05, 3.63) is 16.1 Å². The third kappa shape index (κ3) is 3.38. The molecule has 23 heavy (non-hydrogen) atoms. The third-order valence-corrected chi connectivity index (χ3v) is 5.71. The van der Waals surface area contributed by atoms with Gasteiger partial charge in [0.05, 0.1) is 5.01 Å². The van der Waals surface area contributed by atoms with E-state index in [0.29, 0.717) is 43.8 Å². The molecule has 1 atom stereocenters. The van der Waals surface area contributed by atoms with E-state index in [9.17, 15) is 23.1 Å². The Bertz CT molecular complexity index is 582. The molecule has 1 amide bonds. The van der Waals surface area contributed by atoms with Gasteiger partial charge in [-0.15, -0.1) is 11.3 Å². The van der Waals surface area contributed by atoms with E-state index in [2.05, 4.69) is 4.98 Å². The molecular weight excluding hydrogens is 329 g/mol. The summed E-state index contributed by atoms with van der Waals surface area (Å²) in [6.07, 6.45) is -0.384. The van der Waals surface area contributed by atoms with Crippen LogP contribution in [0.3, 0.4) is 0 Å². The summed E-state index contributed by atoms with van der Waals surface area (Å²) in [6, 6.07) is 0. The number of hydrogen-bond donors (Lipinski definition) is 1. The molecule has 0 spiro atoms. The number of carbonyl (C=O) groups is 1. The first-order valence-corrected chi connectivity index (χ1v) is 8.72. The van der Waals surface area contributed by atoms with Crippen molar-refractivity contribution in [1.82, 2.24) is 9.88 Å². The number of thiazole rings is 1. The second-order valence-corrected chi connectivity index (χ2v) is 7.29. The van der Waals surface area contributed by atoms with Crippen molar-refractivity contribution >= 4 is 17.2 Å². The second kappa shape index (κ2) is 6.05. The van der Waals surface area contributed by atoms with Gasteiger partial charge in [-0.2, -0.15) is 13.2 Å². The van der Waals surface area contributed by atoms with Crippen LogP contribution in [0.1, 0.15) is 55.1 Å². The molecule has 1 saturated carbocycles. The maximum atomic E-state index is 12.7. The summed E-state index contributed by atoms with van der Waals surface area (Å²) in [5.41, 5.74) is -2.14. The number of amides is 1. The van der Waals surface area contributed by atoms with Gasteiger partial charge in [0, 0.05) is 24.4 Å². The monoisotopic (exact) mass is 348 g/mol. The number of carbonyl (C=O) groups excluding carboxylic acids is 1. The highest BCUT2D eigenvalue weighted by Gasteiger charge is 2.43. The van der Waals surface area contributed by atoms with Gasteiger partial charge in [-0.1, -0.05) is 0 Å². The molecule has 8 heteroatoms. The van der Waals surface area contributed by atoms with Crippen LogP contribution < -0.4 is 0 Å². The fraction of sp³-hybridized carbons (Fsp3) is 0.733. The van der Waals surface area contributed by atoms with E-state index in [0.717, 1.165) is 29.6 Å². The van der Waals surface area contributed by atoms with E-state index in [1.165, 1.54) is 0 Å². The zero-order chi connectivity index (χ0) is 16.7. The minimum absolute atomic E-state index is 0.182. The lowest BCUT2D eigenvalue weighted by Crippen LogP contribution is -2.50. The molecule has 3 rings (SSSR count). The summed E-state index contributed by atoms with van der Waals surface area (Å²) < 4.78 is 38.0. The Labute approximate surface area is 136 Å². The summed E-state index contributed by atoms with van der Waals surface area (Å²) in [5.74, 6) is -0.453. The highest BCUT2D eigenvalue weighted by molar-refractivity contribution is 7.09. The van der Waals surface area contributed by atoms with Gasteiger partial charge in [0.1, 0.15) is 5.60 Å². The van der Waals surface area contributed by atoms with Gasteiger partial charge in [0.15, 0.2) is 5.69 Å². The highest BCUT2D eigenvalue weighted by atomic mass is 32.1. The zero-order valence-corrected chi connectivity index (χ0v) is 13.4. The maximum absolute atomic E-state index is 12.7. The number of likely N-dealkylation sites (tertiary alicyclic amines) is 1. The Morgan fingerprint density at radius 3 is 2.65 bits per heavy atom. The lowest BCUT2D eigenvalue weighted by atomic mass is 9.94. The zero-order valence-electron chi connectivity index (χ0n) is 12.6. The van der Waals surface area contributed by atoms with Crippen molar-refractivity contribution in [3.63, 3.8) is 0 Å². The molecule has 2 fully saturated rings. The van der Waals surface area contributed by atoms with Gasteiger partial charge in [-0.3, -0.25) is 4.79 Å². The van der Waals surface area contributed by atoms with Crippen molar-refractivity contribution in [2.75, 3.05) is 13.1 Å². The minimum atomic E-state index is -4.43. The van der Waals surface area contributed by atoms with Crippen LogP contribution in [0.4, 0.5) is 13.2 Å². The van der Waals surface area contributed by atoms with Gasteiger partial charge < -0.3 is 10.0 Å². The van der Waals surface area contributed by atoms with Gasteiger partial charge in [0.2, 0.25) is 0 Å². The van der Waals surface area contributed by atoms with Gasteiger partial charge in [-0.25, -0.2) is 4.98 Å². The topological polar surface area (TPSA) is 53.4 Å². The number of rotatable bonds is 2. The molecule has 0 aromatic carbocycles. The molecule has 0 bridgehead atoms. The number of aliphatic hydroxyl groups is 1. The number of piperidine rings is 1. The average molecular weight is 348 g/mol. The number of nitrogens with zero attached hydrogens (tertiary/aromatic N) is 2. The summed E-state index contributed by atoms with van der Waals surface area (Å²) in [5, 5.41) is 11.9. The summed E-state index contributed by atoms with van der Waals surface area (Å²) in [4.78, 5) is 17.9. The fourth-order valence-corrected chi connectivity index (χ4v) is 4.39. The van der Waals surface area contributed by atoms with Gasteiger partial charge >= 0.3 is 6.18 Å². The first-order chi connectivity index (χ1) is 10.8. The van der Waals surface area contributed by atoms with Crippen LogP contribution in [0.2, 0.25) is 0 Å². The molecule has 0 unspecified atom stereocenters. The normalized spacial score (nSPS) is 24.9. The van der Waals surface area contributed by atoms with Crippen LogP contribution >= 0.6 is 11.3 Å². The molecular formula is C15H19F3N2O2S. The smallest absolute Gasteiger partial charge is 0.380 e. The van der Waals surface area contributed by atoms with Crippen molar-refractivity contribution in [2.24, 2.45) is 0 Å². The quantitative estimate of drug-likeness (QED) is 0.893. The Kier molecular flexibility index (Phi) is 4.39. The van der Waals surface area contributed by atoms with Crippen molar-refractivity contribution in [1.29, 1.82) is 0 Å². The second-order valence-electron chi connectivity index (χ2n) is 6.40. The molecule has 1 aliphatic carbocycles. The van der Waals surface area contributed by atoms with E-state index in [1.807, 2.05) is 0 Å². The molecule has 1 N–H and O–H groups in total. The number of alkyl halides is 3. The van der Waals surface area contributed by atoms with Gasteiger partial charge in [-0.05, 0) is 38.5 Å². The standard InChI is InChI=1S/C15H19F3N2O2S/c16-15(17,18)11-9-23-12(19-11)10-4-3-7-20(8-10)13(21)14(22)5-1-2-6-14/h9-10,22H,1-8H2/t10-/m1/s1. The summed E-state index contributed by atoms with van der Waals surface area (Å²) in [7, 11) is 0. The van der Waals surface area contributed by atoms with Crippen LogP contribution in [0.25, 0.3) is 0 Å². The van der Waals surface area contributed by atoms with E-state index in [1.54, 1.807) is 4.90 Å². The predicted molar refractivity (Wildman–Crippen MR) is 79.1 cm³/mol. The summed E-state index contributed by atoms with van der Waals surface area (Å²) in [6.45, 7) is 0.890. The molecule has 2 heterocycles. The molecule has 1 saturated heterocycles. The Morgan fingerprint density at radius 1 is 1.35 bits per heavy atom. The highest BCUT2D eigenvalue weighted by Crippen LogP contribution is 2.37. The summed E-state index contributed by atoms with van der Waals surface area (Å²) >= 11 is 0.996. The maximum Gasteiger partial charge on any atom is 0.434 e. The molecule has 4 nitrogen and oxygen atoms in total. The molecule has 1 aliphatic heterocycles. The van der Waals surface area contributed by atoms with Gasteiger partial charge in [0.25, 0.3) is 5.91 Å². The average Bonchev–Trinajstić information content (AvgIpc) is 3.16. The Hall–Kier alpha value is -1.15. The molecule has 1 aromatic heterocycles. The SMILES string of the molecule is O=C(N1CCC[C@@H](c2nc(C(F)(F)F)cs2)C1)C1(O)CCCC1. The van der Waals surface area contributed by atoms with E-state index >= 15 is 0 Å². The number of halogens is 3. The van der Waals surface area contributed by atoms with E-state index < -0.39 is 17.5 Å². The minimum Gasteiger partial charge on any atom is -0.380 e. The lowest BCUT2D eigenvalue weighted by molar-refractivity contribution is -0.152. The molecule has 2 aliphatic rings. The van der Waals surface area contributed by atoms with E-state index in [-0.39, 0.29) is 11.8 Å². The van der Waals surface area contributed by atoms with Crippen LogP contribution in [0.15, 0.2) is 5.38 Å². The lowest BCUT2D eigenvalue weighted by Gasteiger charge is -2.36. The van der Waals surface area contributed by atoms with Crippen LogP contribution in [-0.4, -0.2) is 39.6 Å². The first-order valence-electron chi connectivity index (χ1n) is 7.84. The Morgan fingerprint density at radius 2 is 2.04 bits per heavy atom.